The van der Waals surface area contributed by atoms with Crippen molar-refractivity contribution in [3.05, 3.63) is 82.5 Å². The lowest BCUT2D eigenvalue weighted by Crippen LogP contribution is -2.64. The maximum Gasteiger partial charge on any atom is 0.330 e. The zero-order valence-corrected chi connectivity index (χ0v) is 33.5. The van der Waals surface area contributed by atoms with Gasteiger partial charge >= 0.3 is 5.97 Å². The molecule has 4 heterocycles. The molecule has 3 aliphatic rings. The predicted molar refractivity (Wildman–Crippen MR) is 212 cm³/mol. The standard InChI is InChI=1S/C42H46O22/c1-16-28(48)38(63-41-35(55)33(53)30(50)25(62-41)15-57-26(47)11-4-17-2-7-19(44)8-3-17)36(56)42(58-16)59-21-12-22(46)27-23(13-21)60-37(18-5-9-20(45)10-6-18)39(31(27)51)64-40-34(54)32(52)29(49)24(14-43)61-40/h2-13,16,24-25,28-30,32-36,38,40-46,48-50,52-56H,14-15H2,1H3/t16-,24+,25+,28-,29-,30+,32-,33-,34+,35+,36+,38+,40-,41-,42-/m0/s1. The first-order valence-corrected chi connectivity index (χ1v) is 19.7. The largest absolute Gasteiger partial charge is 0.508 e. The molecule has 22 nitrogen and oxygen atoms in total. The van der Waals surface area contributed by atoms with Gasteiger partial charge in [-0.15, -0.1) is 0 Å². The van der Waals surface area contributed by atoms with Crippen molar-refractivity contribution in [1.29, 1.82) is 0 Å². The van der Waals surface area contributed by atoms with E-state index in [1.54, 1.807) is 0 Å². The van der Waals surface area contributed by atoms with E-state index < -0.39 is 134 Å². The SMILES string of the molecule is C[C@@H]1O[C@@H](Oc2cc(O)c3c(=O)c(O[C@@H]4O[C@H](CO)[C@H](O)[C@H](O)[C@H]4O)c(-c4ccc(O)cc4)oc3c2)[C@H](O)[C@H](O[C@@H]2O[C@H](COC(=O)C=Cc3ccc(O)cc3)[C@@H](O)[C@H](O)[C@H]2O)[C@H]1O. The Kier molecular flexibility index (Phi) is 14.1. The highest BCUT2D eigenvalue weighted by Gasteiger charge is 2.51. The Labute approximate surface area is 361 Å². The fourth-order valence-electron chi connectivity index (χ4n) is 7.19. The van der Waals surface area contributed by atoms with Crippen LogP contribution in [0.15, 0.2) is 76.0 Å². The highest BCUT2D eigenvalue weighted by atomic mass is 16.7. The molecule has 0 amide bonds. The number of carbonyl (C=O) groups is 1. The number of esters is 1. The van der Waals surface area contributed by atoms with E-state index in [2.05, 4.69) is 0 Å². The number of aromatic hydroxyl groups is 3. The minimum absolute atomic E-state index is 0.0193. The maximum atomic E-state index is 14.1. The minimum Gasteiger partial charge on any atom is -0.508 e. The van der Waals surface area contributed by atoms with Gasteiger partial charge in [0.15, 0.2) is 12.1 Å². The lowest BCUT2D eigenvalue weighted by Gasteiger charge is -2.45. The van der Waals surface area contributed by atoms with Crippen LogP contribution in [0, 0.1) is 0 Å². The molecule has 346 valence electrons. The molecule has 4 aromatic rings. The molecular weight excluding hydrogens is 856 g/mol. The third-order valence-corrected chi connectivity index (χ3v) is 10.8. The van der Waals surface area contributed by atoms with Gasteiger partial charge in [-0.3, -0.25) is 4.79 Å². The van der Waals surface area contributed by atoms with Crippen LogP contribution in [0.25, 0.3) is 28.4 Å². The van der Waals surface area contributed by atoms with Crippen LogP contribution < -0.4 is 14.9 Å². The zero-order valence-electron chi connectivity index (χ0n) is 33.5. The minimum atomic E-state index is -1.95. The Morgan fingerprint density at radius 1 is 0.688 bits per heavy atom. The highest BCUT2D eigenvalue weighted by molar-refractivity contribution is 5.88. The molecule has 64 heavy (non-hydrogen) atoms. The Bertz CT molecular complexity index is 2330. The molecular formula is C42H46O22. The summed E-state index contributed by atoms with van der Waals surface area (Å²) in [7, 11) is 0. The van der Waals surface area contributed by atoms with E-state index in [-0.39, 0.29) is 34.2 Å². The van der Waals surface area contributed by atoms with E-state index in [0.29, 0.717) is 5.56 Å². The Morgan fingerprint density at radius 2 is 1.28 bits per heavy atom. The number of aliphatic hydroxyl groups excluding tert-OH is 9. The number of phenols is 3. The highest BCUT2D eigenvalue weighted by Crippen LogP contribution is 2.39. The van der Waals surface area contributed by atoms with Crippen molar-refractivity contribution < 1.29 is 104 Å². The Hall–Kier alpha value is -5.44. The number of benzene rings is 3. The van der Waals surface area contributed by atoms with E-state index >= 15 is 0 Å². The molecule has 0 spiro atoms. The summed E-state index contributed by atoms with van der Waals surface area (Å²) in [5, 5.41) is 125. The van der Waals surface area contributed by atoms with Gasteiger partial charge in [0.05, 0.1) is 12.7 Å². The second kappa shape index (κ2) is 19.3. The van der Waals surface area contributed by atoms with Crippen molar-refractivity contribution in [3.8, 4) is 40.1 Å². The number of hydrogen-bond acceptors (Lipinski definition) is 22. The van der Waals surface area contributed by atoms with Crippen LogP contribution in [0.4, 0.5) is 0 Å². The van der Waals surface area contributed by atoms with Gasteiger partial charge in [-0.2, -0.15) is 0 Å². The molecule has 15 atom stereocenters. The summed E-state index contributed by atoms with van der Waals surface area (Å²) in [5.74, 6) is -3.07. The van der Waals surface area contributed by atoms with Gasteiger partial charge in [0, 0.05) is 23.8 Å². The summed E-state index contributed by atoms with van der Waals surface area (Å²) in [5.41, 5.74) is -0.712. The molecule has 12 N–H and O–H groups in total. The van der Waals surface area contributed by atoms with Crippen molar-refractivity contribution in [3.63, 3.8) is 0 Å². The van der Waals surface area contributed by atoms with Crippen molar-refractivity contribution in [2.45, 2.75) is 99.0 Å². The van der Waals surface area contributed by atoms with Crippen LogP contribution >= 0.6 is 0 Å². The second-order valence-electron chi connectivity index (χ2n) is 15.2. The normalized spacial score (nSPS) is 33.2. The molecule has 0 radical (unpaired) electrons. The first-order valence-electron chi connectivity index (χ1n) is 19.7. The van der Waals surface area contributed by atoms with Gasteiger partial charge in [-0.25, -0.2) is 4.79 Å². The van der Waals surface area contributed by atoms with Crippen molar-refractivity contribution >= 4 is 23.0 Å². The van der Waals surface area contributed by atoms with E-state index in [9.17, 15) is 70.9 Å². The number of fused-ring (bicyclic) bond motifs is 1. The van der Waals surface area contributed by atoms with Crippen LogP contribution in [0.5, 0.6) is 28.7 Å². The van der Waals surface area contributed by atoms with Crippen LogP contribution in [-0.2, 0) is 28.5 Å². The summed E-state index contributed by atoms with van der Waals surface area (Å²) >= 11 is 0. The van der Waals surface area contributed by atoms with Crippen molar-refractivity contribution in [2.75, 3.05) is 13.2 Å². The zero-order chi connectivity index (χ0) is 46.1. The fourth-order valence-corrected chi connectivity index (χ4v) is 7.19. The van der Waals surface area contributed by atoms with Crippen molar-refractivity contribution in [2.24, 2.45) is 0 Å². The number of phenolic OH excluding ortho intramolecular Hbond substituents is 3. The van der Waals surface area contributed by atoms with Crippen LogP contribution in [0.1, 0.15) is 12.5 Å². The first-order chi connectivity index (χ1) is 30.4. The monoisotopic (exact) mass is 902 g/mol. The molecule has 3 aromatic carbocycles. The molecule has 3 saturated heterocycles. The third kappa shape index (κ3) is 9.64. The third-order valence-electron chi connectivity index (χ3n) is 10.8. The van der Waals surface area contributed by atoms with Gasteiger partial charge in [-0.05, 0) is 55.0 Å². The average Bonchev–Trinajstić information content (AvgIpc) is 3.27. The molecule has 0 unspecified atom stereocenters. The smallest absolute Gasteiger partial charge is 0.330 e. The quantitative estimate of drug-likeness (QED) is 0.0543. The van der Waals surface area contributed by atoms with E-state index in [0.717, 1.165) is 18.2 Å². The van der Waals surface area contributed by atoms with Crippen molar-refractivity contribution in [1.82, 2.24) is 0 Å². The fraction of sp³-hybridized carbons (Fsp3) is 0.429. The second-order valence-corrected chi connectivity index (χ2v) is 15.2. The van der Waals surface area contributed by atoms with Gasteiger partial charge in [0.1, 0.15) is 108 Å². The van der Waals surface area contributed by atoms with Gasteiger partial charge in [-0.1, -0.05) is 12.1 Å². The van der Waals surface area contributed by atoms with E-state index in [4.69, 9.17) is 37.6 Å². The average molecular weight is 903 g/mol. The van der Waals surface area contributed by atoms with Crippen LogP contribution in [0.2, 0.25) is 0 Å². The molecule has 1 aromatic heterocycles. The molecule has 3 aliphatic heterocycles. The topological polar surface area (TPSA) is 355 Å². The summed E-state index contributed by atoms with van der Waals surface area (Å²) in [6.45, 7) is -0.0602. The van der Waals surface area contributed by atoms with Crippen LogP contribution in [0.3, 0.4) is 0 Å². The number of hydrogen-bond donors (Lipinski definition) is 12. The number of aliphatic hydroxyl groups is 9. The lowest BCUT2D eigenvalue weighted by atomic mass is 9.97. The number of carbonyl (C=O) groups excluding carboxylic acids is 1. The molecule has 0 aliphatic carbocycles. The Morgan fingerprint density at radius 3 is 1.94 bits per heavy atom. The van der Waals surface area contributed by atoms with Gasteiger partial charge < -0.3 is 98.9 Å². The predicted octanol–water partition coefficient (Wildman–Crippen LogP) is -1.95. The summed E-state index contributed by atoms with van der Waals surface area (Å²) in [6, 6.07) is 13.1. The summed E-state index contributed by atoms with van der Waals surface area (Å²) in [6.07, 6.45) is -23.5. The van der Waals surface area contributed by atoms with E-state index in [1.165, 1.54) is 61.5 Å². The van der Waals surface area contributed by atoms with E-state index in [1.807, 2.05) is 0 Å². The maximum absolute atomic E-state index is 14.1. The number of ether oxygens (including phenoxy) is 7. The summed E-state index contributed by atoms with van der Waals surface area (Å²) in [4.78, 5) is 26.5. The van der Waals surface area contributed by atoms with Gasteiger partial charge in [0.2, 0.25) is 23.8 Å². The first kappa shape index (κ1) is 46.5. The molecule has 22 heteroatoms. The van der Waals surface area contributed by atoms with Gasteiger partial charge in [0.25, 0.3) is 0 Å². The molecule has 3 fully saturated rings. The Balaban J connectivity index is 1.10. The molecule has 0 saturated carbocycles. The molecule has 7 rings (SSSR count). The number of rotatable bonds is 12. The van der Waals surface area contributed by atoms with Crippen LogP contribution in [-0.4, -0.2) is 173 Å². The molecule has 0 bridgehead atoms. The summed E-state index contributed by atoms with van der Waals surface area (Å²) < 4.78 is 45.3. The lowest BCUT2D eigenvalue weighted by molar-refractivity contribution is -0.350.